The standard InChI is InChI=1S/C14H18N2O2S/c1-10(2)19-14(15-3)13(17)16-9-11-5-7-12(18-4)8-6-11/h5-8H,1,9H2,2-4H3,(H,16,17). The Morgan fingerprint density at radius 1 is 1.42 bits per heavy atom. The van der Waals surface area contributed by atoms with Crippen LogP contribution in [0.4, 0.5) is 0 Å². The van der Waals surface area contributed by atoms with E-state index in [0.29, 0.717) is 11.6 Å². The van der Waals surface area contributed by atoms with Crippen LogP contribution in [-0.2, 0) is 11.3 Å². The average Bonchev–Trinajstić information content (AvgIpc) is 2.42. The number of methoxy groups -OCH3 is 1. The third-order valence-electron chi connectivity index (χ3n) is 2.28. The minimum atomic E-state index is -0.189. The van der Waals surface area contributed by atoms with E-state index in [-0.39, 0.29) is 5.91 Å². The number of nitrogens with zero attached hydrogens (tertiary/aromatic N) is 1. The number of benzene rings is 1. The lowest BCUT2D eigenvalue weighted by Crippen LogP contribution is -2.28. The summed E-state index contributed by atoms with van der Waals surface area (Å²) in [4.78, 5) is 16.7. The molecule has 0 aliphatic heterocycles. The summed E-state index contributed by atoms with van der Waals surface area (Å²) in [5.74, 6) is 0.607. The van der Waals surface area contributed by atoms with E-state index in [1.54, 1.807) is 14.2 Å². The number of hydrogen-bond donors (Lipinski definition) is 1. The summed E-state index contributed by atoms with van der Waals surface area (Å²) >= 11 is 1.27. The van der Waals surface area contributed by atoms with E-state index in [4.69, 9.17) is 4.74 Å². The van der Waals surface area contributed by atoms with Gasteiger partial charge in [0.15, 0.2) is 5.04 Å². The summed E-state index contributed by atoms with van der Waals surface area (Å²) in [6.45, 7) is 6.05. The minimum Gasteiger partial charge on any atom is -0.497 e. The van der Waals surface area contributed by atoms with Crippen LogP contribution in [0.15, 0.2) is 40.7 Å². The molecule has 1 aromatic rings. The molecule has 0 aromatic heterocycles. The van der Waals surface area contributed by atoms with Gasteiger partial charge in [0.2, 0.25) is 0 Å². The second-order valence-corrected chi connectivity index (χ2v) is 5.15. The second-order valence-electron chi connectivity index (χ2n) is 3.86. The number of ether oxygens (including phenoxy) is 1. The van der Waals surface area contributed by atoms with Crippen LogP contribution in [0.5, 0.6) is 5.75 Å². The van der Waals surface area contributed by atoms with Gasteiger partial charge in [-0.3, -0.25) is 9.79 Å². The lowest BCUT2D eigenvalue weighted by Gasteiger charge is -2.07. The predicted octanol–water partition coefficient (Wildman–Crippen LogP) is 2.61. The fraction of sp³-hybridized carbons (Fsp3) is 0.286. The molecular weight excluding hydrogens is 260 g/mol. The van der Waals surface area contributed by atoms with Crippen LogP contribution < -0.4 is 10.1 Å². The lowest BCUT2D eigenvalue weighted by atomic mass is 10.2. The quantitative estimate of drug-likeness (QED) is 0.680. The van der Waals surface area contributed by atoms with Crippen molar-refractivity contribution in [3.8, 4) is 5.75 Å². The van der Waals surface area contributed by atoms with E-state index in [1.165, 1.54) is 11.8 Å². The van der Waals surface area contributed by atoms with Crippen molar-refractivity contribution in [3.05, 3.63) is 41.3 Å². The SMILES string of the molecule is C=C(C)SC(=NC)C(=O)NCc1ccc(OC)cc1. The molecule has 0 aliphatic carbocycles. The van der Waals surface area contributed by atoms with Crippen molar-refractivity contribution in [2.24, 2.45) is 4.99 Å². The van der Waals surface area contributed by atoms with Gasteiger partial charge in [-0.2, -0.15) is 0 Å². The first-order chi connectivity index (χ1) is 9.06. The Labute approximate surface area is 118 Å². The summed E-state index contributed by atoms with van der Waals surface area (Å²) < 4.78 is 5.07. The Kier molecular flexibility index (Phi) is 6.15. The van der Waals surface area contributed by atoms with Gasteiger partial charge in [-0.05, 0) is 29.5 Å². The van der Waals surface area contributed by atoms with E-state index in [2.05, 4.69) is 16.9 Å². The molecular formula is C14H18N2O2S. The highest BCUT2D eigenvalue weighted by Gasteiger charge is 2.11. The smallest absolute Gasteiger partial charge is 0.276 e. The third-order valence-corrected chi connectivity index (χ3v) is 3.19. The van der Waals surface area contributed by atoms with Crippen LogP contribution in [-0.4, -0.2) is 25.1 Å². The lowest BCUT2D eigenvalue weighted by molar-refractivity contribution is -0.114. The summed E-state index contributed by atoms with van der Waals surface area (Å²) in [5, 5.41) is 3.24. The summed E-state index contributed by atoms with van der Waals surface area (Å²) in [6.07, 6.45) is 0. The number of amides is 1. The molecule has 0 saturated heterocycles. The van der Waals surface area contributed by atoms with Gasteiger partial charge in [0.1, 0.15) is 5.75 Å². The number of hydrogen-bond acceptors (Lipinski definition) is 4. The first-order valence-corrected chi connectivity index (χ1v) is 6.59. The fourth-order valence-electron chi connectivity index (χ4n) is 1.36. The largest absolute Gasteiger partial charge is 0.497 e. The predicted molar refractivity (Wildman–Crippen MR) is 80.6 cm³/mol. The number of rotatable bonds is 4. The molecule has 5 heteroatoms. The molecule has 1 N–H and O–H groups in total. The highest BCUT2D eigenvalue weighted by atomic mass is 32.2. The van der Waals surface area contributed by atoms with Crippen LogP contribution in [0.1, 0.15) is 12.5 Å². The van der Waals surface area contributed by atoms with Crippen molar-refractivity contribution < 1.29 is 9.53 Å². The second kappa shape index (κ2) is 7.63. The van der Waals surface area contributed by atoms with Gasteiger partial charge in [0.25, 0.3) is 5.91 Å². The number of carbonyl (C=O) groups excluding carboxylic acids is 1. The van der Waals surface area contributed by atoms with E-state index in [9.17, 15) is 4.79 Å². The van der Waals surface area contributed by atoms with Gasteiger partial charge in [-0.25, -0.2) is 0 Å². The molecule has 1 aromatic carbocycles. The maximum atomic E-state index is 11.9. The first kappa shape index (κ1) is 15.3. The van der Waals surface area contributed by atoms with E-state index < -0.39 is 0 Å². The first-order valence-electron chi connectivity index (χ1n) is 5.78. The van der Waals surface area contributed by atoms with Crippen molar-refractivity contribution in [2.75, 3.05) is 14.2 Å². The molecule has 0 fully saturated rings. The zero-order valence-electron chi connectivity index (χ0n) is 11.4. The Balaban J connectivity index is 2.55. The molecule has 0 atom stereocenters. The number of carbonyl (C=O) groups is 1. The monoisotopic (exact) mass is 278 g/mol. The van der Waals surface area contributed by atoms with Gasteiger partial charge < -0.3 is 10.1 Å². The highest BCUT2D eigenvalue weighted by Crippen LogP contribution is 2.15. The van der Waals surface area contributed by atoms with Gasteiger partial charge in [-0.15, -0.1) is 0 Å². The molecule has 19 heavy (non-hydrogen) atoms. The van der Waals surface area contributed by atoms with Crippen LogP contribution in [0.25, 0.3) is 0 Å². The van der Waals surface area contributed by atoms with Crippen molar-refractivity contribution >= 4 is 22.7 Å². The third kappa shape index (κ3) is 5.18. The average molecular weight is 278 g/mol. The molecule has 0 saturated carbocycles. The molecule has 0 spiro atoms. The fourth-order valence-corrected chi connectivity index (χ4v) is 1.95. The molecule has 0 radical (unpaired) electrons. The van der Waals surface area contributed by atoms with Crippen LogP contribution >= 0.6 is 11.8 Å². The van der Waals surface area contributed by atoms with Gasteiger partial charge in [-0.1, -0.05) is 30.5 Å². The van der Waals surface area contributed by atoms with E-state index >= 15 is 0 Å². The van der Waals surface area contributed by atoms with Gasteiger partial charge in [0.05, 0.1) is 7.11 Å². The Morgan fingerprint density at radius 3 is 2.53 bits per heavy atom. The molecule has 0 aliphatic rings. The van der Waals surface area contributed by atoms with Gasteiger partial charge in [0, 0.05) is 13.6 Å². The summed E-state index contributed by atoms with van der Waals surface area (Å²) in [6, 6.07) is 7.54. The summed E-state index contributed by atoms with van der Waals surface area (Å²) in [5.41, 5.74) is 1.00. The maximum Gasteiger partial charge on any atom is 0.276 e. The zero-order valence-corrected chi connectivity index (χ0v) is 12.2. The van der Waals surface area contributed by atoms with Crippen molar-refractivity contribution in [1.82, 2.24) is 5.32 Å². The number of allylic oxidation sites excluding steroid dienone is 1. The normalized spacial score (nSPS) is 11.0. The van der Waals surface area contributed by atoms with Crippen LogP contribution in [0.2, 0.25) is 0 Å². The zero-order chi connectivity index (χ0) is 14.3. The molecule has 0 heterocycles. The van der Waals surface area contributed by atoms with E-state index in [1.807, 2.05) is 31.2 Å². The minimum absolute atomic E-state index is 0.189. The number of aliphatic imine (C=N–C) groups is 1. The van der Waals surface area contributed by atoms with Crippen LogP contribution in [0.3, 0.4) is 0 Å². The molecule has 1 rings (SSSR count). The topological polar surface area (TPSA) is 50.7 Å². The van der Waals surface area contributed by atoms with Crippen molar-refractivity contribution in [3.63, 3.8) is 0 Å². The molecule has 0 bridgehead atoms. The Hall–Kier alpha value is -1.75. The Bertz CT molecular complexity index is 481. The Morgan fingerprint density at radius 2 is 2.05 bits per heavy atom. The van der Waals surface area contributed by atoms with Crippen molar-refractivity contribution in [2.45, 2.75) is 13.5 Å². The molecule has 1 amide bonds. The molecule has 0 unspecified atom stereocenters. The summed E-state index contributed by atoms with van der Waals surface area (Å²) in [7, 11) is 3.22. The highest BCUT2D eigenvalue weighted by molar-refractivity contribution is 8.18. The molecule has 102 valence electrons. The maximum absolute atomic E-state index is 11.9. The number of thioether (sulfide) groups is 1. The van der Waals surface area contributed by atoms with Crippen molar-refractivity contribution in [1.29, 1.82) is 0 Å². The molecule has 4 nitrogen and oxygen atoms in total. The van der Waals surface area contributed by atoms with E-state index in [0.717, 1.165) is 16.2 Å². The van der Waals surface area contributed by atoms with Crippen LogP contribution in [0, 0.1) is 0 Å². The number of nitrogens with one attached hydrogen (secondary N) is 1. The van der Waals surface area contributed by atoms with Gasteiger partial charge >= 0.3 is 0 Å².